The van der Waals surface area contributed by atoms with E-state index in [1.807, 2.05) is 0 Å². The van der Waals surface area contributed by atoms with Gasteiger partial charge < -0.3 is 5.11 Å². The largest absolute Gasteiger partial charge is 0.475 e. The summed E-state index contributed by atoms with van der Waals surface area (Å²) in [6.45, 7) is 0. The van der Waals surface area contributed by atoms with Gasteiger partial charge in [0.25, 0.3) is 5.78 Å². The van der Waals surface area contributed by atoms with Crippen LogP contribution in [0.3, 0.4) is 0 Å². The minimum atomic E-state index is -1.60. The van der Waals surface area contributed by atoms with Crippen molar-refractivity contribution in [3.63, 3.8) is 0 Å². The summed E-state index contributed by atoms with van der Waals surface area (Å²) in [6, 6.07) is 8.78. The first-order chi connectivity index (χ1) is 8.60. The number of nitrogens with one attached hydrogen (secondary N) is 1. The molecule has 0 spiro atoms. The molecule has 0 unspecified atom stereocenters. The molecular formula is C11H6N4O3. The van der Waals surface area contributed by atoms with Gasteiger partial charge in [-0.2, -0.15) is 15.6 Å². The number of hydrogen-bond donors (Lipinski definition) is 2. The number of Topliss-reactive ketones (excluding diaryl/α,β-unsaturated/α-hetero) is 1. The highest BCUT2D eigenvalue weighted by Crippen LogP contribution is 2.15. The molecule has 0 aliphatic carbocycles. The standard InChI is InChI=1S/C11H6N4O3/c12-5-7(6-13)14-15-9-4-2-1-3-8(9)10(16)11(17)18/h1-4,15H,(H,17,18). The van der Waals surface area contributed by atoms with Crippen molar-refractivity contribution in [3.8, 4) is 12.1 Å². The van der Waals surface area contributed by atoms with Crippen molar-refractivity contribution >= 4 is 23.2 Å². The Bertz CT molecular complexity index is 591. The quantitative estimate of drug-likeness (QED) is 0.347. The highest BCUT2D eigenvalue weighted by molar-refractivity contribution is 6.41. The molecule has 0 bridgehead atoms. The van der Waals surface area contributed by atoms with Crippen LogP contribution in [0, 0.1) is 22.7 Å². The van der Waals surface area contributed by atoms with Gasteiger partial charge in [0.2, 0.25) is 5.71 Å². The molecule has 7 heteroatoms. The lowest BCUT2D eigenvalue weighted by Crippen LogP contribution is -2.14. The Morgan fingerprint density at radius 3 is 2.39 bits per heavy atom. The zero-order valence-corrected chi connectivity index (χ0v) is 8.91. The monoisotopic (exact) mass is 242 g/mol. The molecular weight excluding hydrogens is 236 g/mol. The number of carboxylic acid groups (broad SMARTS) is 1. The molecule has 0 heterocycles. The summed E-state index contributed by atoms with van der Waals surface area (Å²) in [5, 5.41) is 29.0. The maximum atomic E-state index is 11.3. The van der Waals surface area contributed by atoms with Gasteiger partial charge in [-0.25, -0.2) is 4.79 Å². The summed E-state index contributed by atoms with van der Waals surface area (Å²) in [5.41, 5.74) is 1.87. The number of para-hydroxylation sites is 1. The third kappa shape index (κ3) is 2.90. The number of aliphatic carboxylic acids is 1. The van der Waals surface area contributed by atoms with Crippen LogP contribution in [0.15, 0.2) is 29.4 Å². The van der Waals surface area contributed by atoms with Gasteiger partial charge in [-0.15, -0.1) is 0 Å². The van der Waals surface area contributed by atoms with Crippen LogP contribution in [0.1, 0.15) is 10.4 Å². The van der Waals surface area contributed by atoms with E-state index in [0.29, 0.717) is 0 Å². The number of carbonyl (C=O) groups excluding carboxylic acids is 1. The first kappa shape index (κ1) is 12.9. The first-order valence-electron chi connectivity index (χ1n) is 4.60. The number of hydrogen-bond acceptors (Lipinski definition) is 6. The van der Waals surface area contributed by atoms with Crippen LogP contribution in [0.25, 0.3) is 0 Å². The van der Waals surface area contributed by atoms with Crippen LogP contribution in [0.2, 0.25) is 0 Å². The normalized spacial score (nSPS) is 8.56. The third-order valence-electron chi connectivity index (χ3n) is 1.87. The summed E-state index contributed by atoms with van der Waals surface area (Å²) in [4.78, 5) is 21.9. The predicted molar refractivity (Wildman–Crippen MR) is 60.7 cm³/mol. The molecule has 1 aromatic carbocycles. The summed E-state index contributed by atoms with van der Waals surface area (Å²) in [7, 11) is 0. The molecule has 0 saturated heterocycles. The summed E-state index contributed by atoms with van der Waals surface area (Å²) in [5.74, 6) is -2.71. The van der Waals surface area contributed by atoms with Gasteiger partial charge in [0.05, 0.1) is 11.3 Å². The lowest BCUT2D eigenvalue weighted by atomic mass is 10.1. The van der Waals surface area contributed by atoms with Crippen LogP contribution in [-0.4, -0.2) is 22.6 Å². The molecule has 1 rings (SSSR count). The van der Waals surface area contributed by atoms with Crippen LogP contribution in [0.5, 0.6) is 0 Å². The summed E-state index contributed by atoms with van der Waals surface area (Å²) >= 11 is 0. The van der Waals surface area contributed by atoms with E-state index >= 15 is 0 Å². The molecule has 1 aromatic rings. The number of carboxylic acids is 1. The van der Waals surface area contributed by atoms with Crippen molar-refractivity contribution in [2.75, 3.05) is 5.43 Å². The lowest BCUT2D eigenvalue weighted by Gasteiger charge is -2.04. The van der Waals surface area contributed by atoms with E-state index in [9.17, 15) is 9.59 Å². The number of rotatable bonds is 4. The summed E-state index contributed by atoms with van der Waals surface area (Å²) in [6.07, 6.45) is 0. The van der Waals surface area contributed by atoms with Crippen molar-refractivity contribution in [2.45, 2.75) is 0 Å². The molecule has 0 radical (unpaired) electrons. The van der Waals surface area contributed by atoms with Crippen molar-refractivity contribution in [1.29, 1.82) is 10.5 Å². The van der Waals surface area contributed by atoms with E-state index in [1.165, 1.54) is 30.3 Å². The zero-order chi connectivity index (χ0) is 13.5. The minimum absolute atomic E-state index is 0.105. The smallest absolute Gasteiger partial charge is 0.377 e. The number of hydrazone groups is 1. The predicted octanol–water partition coefficient (Wildman–Crippen LogP) is 0.769. The van der Waals surface area contributed by atoms with Crippen LogP contribution >= 0.6 is 0 Å². The maximum absolute atomic E-state index is 11.3. The van der Waals surface area contributed by atoms with E-state index in [-0.39, 0.29) is 11.3 Å². The second-order valence-corrected chi connectivity index (χ2v) is 2.98. The fraction of sp³-hybridized carbons (Fsp3) is 0. The Morgan fingerprint density at radius 2 is 1.83 bits per heavy atom. The van der Waals surface area contributed by atoms with Crippen molar-refractivity contribution in [2.24, 2.45) is 5.10 Å². The number of nitrogens with zero attached hydrogens (tertiary/aromatic N) is 3. The number of nitriles is 2. The third-order valence-corrected chi connectivity index (χ3v) is 1.87. The Kier molecular flexibility index (Phi) is 4.13. The van der Waals surface area contributed by atoms with Crippen LogP contribution in [-0.2, 0) is 4.79 Å². The molecule has 0 atom stereocenters. The number of benzene rings is 1. The molecule has 0 amide bonds. The van der Waals surface area contributed by atoms with E-state index < -0.39 is 17.5 Å². The Labute approximate surface area is 102 Å². The molecule has 0 fully saturated rings. The van der Waals surface area contributed by atoms with Gasteiger partial charge in [0.1, 0.15) is 12.1 Å². The van der Waals surface area contributed by atoms with Gasteiger partial charge in [-0.3, -0.25) is 10.2 Å². The molecule has 0 aliphatic rings. The molecule has 7 nitrogen and oxygen atoms in total. The highest BCUT2D eigenvalue weighted by Gasteiger charge is 2.17. The van der Waals surface area contributed by atoms with Gasteiger partial charge >= 0.3 is 5.97 Å². The van der Waals surface area contributed by atoms with Crippen LogP contribution < -0.4 is 5.43 Å². The van der Waals surface area contributed by atoms with Crippen molar-refractivity contribution in [3.05, 3.63) is 29.8 Å². The molecule has 18 heavy (non-hydrogen) atoms. The second-order valence-electron chi connectivity index (χ2n) is 2.98. The fourth-order valence-electron chi connectivity index (χ4n) is 1.08. The van der Waals surface area contributed by atoms with E-state index in [0.717, 1.165) is 0 Å². The number of anilines is 1. The average molecular weight is 242 g/mol. The van der Waals surface area contributed by atoms with E-state index in [2.05, 4.69) is 10.5 Å². The molecule has 0 aromatic heterocycles. The first-order valence-corrected chi connectivity index (χ1v) is 4.60. The Hall–Kier alpha value is -3.19. The zero-order valence-electron chi connectivity index (χ0n) is 8.91. The fourth-order valence-corrected chi connectivity index (χ4v) is 1.08. The van der Waals surface area contributed by atoms with E-state index in [1.54, 1.807) is 6.07 Å². The summed E-state index contributed by atoms with van der Waals surface area (Å²) < 4.78 is 0. The SMILES string of the molecule is N#CC(C#N)=NNc1ccccc1C(=O)C(=O)O. The molecule has 2 N–H and O–H groups in total. The molecule has 88 valence electrons. The minimum Gasteiger partial charge on any atom is -0.475 e. The van der Waals surface area contributed by atoms with Gasteiger partial charge in [0, 0.05) is 0 Å². The van der Waals surface area contributed by atoms with Crippen molar-refractivity contribution < 1.29 is 14.7 Å². The van der Waals surface area contributed by atoms with Gasteiger partial charge in [-0.05, 0) is 12.1 Å². The highest BCUT2D eigenvalue weighted by atomic mass is 16.4. The topological polar surface area (TPSA) is 126 Å². The number of ketones is 1. The maximum Gasteiger partial charge on any atom is 0.377 e. The van der Waals surface area contributed by atoms with Gasteiger partial charge in [0.15, 0.2) is 0 Å². The second kappa shape index (κ2) is 5.77. The Morgan fingerprint density at radius 1 is 1.22 bits per heavy atom. The van der Waals surface area contributed by atoms with Crippen molar-refractivity contribution in [1.82, 2.24) is 0 Å². The molecule has 0 saturated carbocycles. The Balaban J connectivity index is 3.09. The average Bonchev–Trinajstić information content (AvgIpc) is 2.39. The van der Waals surface area contributed by atoms with E-state index in [4.69, 9.17) is 15.6 Å². The lowest BCUT2D eigenvalue weighted by molar-refractivity contribution is -0.131. The van der Waals surface area contributed by atoms with Crippen LogP contribution in [0.4, 0.5) is 5.69 Å². The van der Waals surface area contributed by atoms with Gasteiger partial charge in [-0.1, -0.05) is 12.1 Å². The molecule has 0 aliphatic heterocycles. The number of carbonyl (C=O) groups is 2.